The van der Waals surface area contributed by atoms with Crippen LogP contribution in [0.1, 0.15) is 18.2 Å². The highest BCUT2D eigenvalue weighted by Gasteiger charge is 2.33. The average molecular weight is 429 g/mol. The number of nitrogens with zero attached hydrogens (tertiary/aromatic N) is 3. The Balaban J connectivity index is 2.81. The standard InChI is InChI=1S/C14H13Cl2F3N4O2S/c1-6(22(2)24)10-12(26(3)25)13(20)23(21-10)11-8(15)4-7(5-9(11)16)14(17,18)19/h4-5H,20H2,1-3H3/b22-6+. The first kappa shape index (κ1) is 20.5. The maximum absolute atomic E-state index is 12.9. The first-order valence-electron chi connectivity index (χ1n) is 6.89. The maximum Gasteiger partial charge on any atom is 0.416 e. The van der Waals surface area contributed by atoms with Crippen molar-refractivity contribution in [2.75, 3.05) is 19.0 Å². The summed E-state index contributed by atoms with van der Waals surface area (Å²) in [7, 11) is -0.421. The fourth-order valence-electron chi connectivity index (χ4n) is 2.19. The van der Waals surface area contributed by atoms with Crippen molar-refractivity contribution in [1.29, 1.82) is 0 Å². The second kappa shape index (κ2) is 7.09. The van der Waals surface area contributed by atoms with Crippen molar-refractivity contribution in [3.05, 3.63) is 38.6 Å². The summed E-state index contributed by atoms with van der Waals surface area (Å²) in [6.07, 6.45) is -3.31. The van der Waals surface area contributed by atoms with Gasteiger partial charge >= 0.3 is 6.18 Å². The number of benzene rings is 1. The molecule has 0 saturated heterocycles. The molecule has 0 bridgehead atoms. The van der Waals surface area contributed by atoms with E-state index < -0.39 is 22.5 Å². The highest BCUT2D eigenvalue weighted by molar-refractivity contribution is 7.84. The molecule has 1 heterocycles. The van der Waals surface area contributed by atoms with Crippen LogP contribution in [0.25, 0.3) is 5.69 Å². The smallest absolute Gasteiger partial charge is 0.416 e. The van der Waals surface area contributed by atoms with Crippen molar-refractivity contribution in [1.82, 2.24) is 9.78 Å². The fraction of sp³-hybridized carbons (Fsp3) is 0.286. The van der Waals surface area contributed by atoms with Gasteiger partial charge in [-0.05, 0) is 12.1 Å². The lowest BCUT2D eigenvalue weighted by Crippen LogP contribution is -2.12. The predicted molar refractivity (Wildman–Crippen MR) is 94.7 cm³/mol. The van der Waals surface area contributed by atoms with E-state index in [9.17, 15) is 22.6 Å². The molecule has 0 aliphatic carbocycles. The van der Waals surface area contributed by atoms with Crippen LogP contribution in [0.2, 0.25) is 10.0 Å². The van der Waals surface area contributed by atoms with Crippen LogP contribution < -0.4 is 5.73 Å². The summed E-state index contributed by atoms with van der Waals surface area (Å²) in [6, 6.07) is 1.37. The third-order valence-corrected chi connectivity index (χ3v) is 5.09. The molecule has 12 heteroatoms. The molecule has 0 amide bonds. The van der Waals surface area contributed by atoms with Crippen LogP contribution >= 0.6 is 23.2 Å². The van der Waals surface area contributed by atoms with Crippen LogP contribution in [0.5, 0.6) is 0 Å². The fourth-order valence-corrected chi connectivity index (χ4v) is 3.68. The molecule has 0 spiro atoms. The Kier molecular flexibility index (Phi) is 5.60. The highest BCUT2D eigenvalue weighted by atomic mass is 35.5. The number of nitrogen functional groups attached to an aromatic ring is 1. The van der Waals surface area contributed by atoms with Gasteiger partial charge in [0.2, 0.25) is 5.71 Å². The maximum atomic E-state index is 12.9. The van der Waals surface area contributed by atoms with Crippen molar-refractivity contribution >= 4 is 45.5 Å². The molecule has 1 unspecified atom stereocenters. The molecule has 26 heavy (non-hydrogen) atoms. The van der Waals surface area contributed by atoms with Crippen molar-refractivity contribution in [3.8, 4) is 5.69 Å². The van der Waals surface area contributed by atoms with E-state index in [1.807, 2.05) is 0 Å². The van der Waals surface area contributed by atoms with Crippen LogP contribution in [-0.2, 0) is 17.0 Å². The summed E-state index contributed by atoms with van der Waals surface area (Å²) in [5.74, 6) is -0.148. The minimum absolute atomic E-state index is 0.0351. The number of nitrogens with two attached hydrogens (primary N) is 1. The number of anilines is 1. The second-order valence-electron chi connectivity index (χ2n) is 5.30. The van der Waals surface area contributed by atoms with E-state index >= 15 is 0 Å². The Morgan fingerprint density at radius 1 is 1.35 bits per heavy atom. The first-order valence-corrected chi connectivity index (χ1v) is 9.21. The molecule has 0 aliphatic heterocycles. The van der Waals surface area contributed by atoms with E-state index in [-0.39, 0.29) is 37.9 Å². The van der Waals surface area contributed by atoms with Crippen LogP contribution in [0.15, 0.2) is 17.0 Å². The Labute approximate surface area is 159 Å². The topological polar surface area (TPSA) is 87.0 Å². The molecule has 0 fully saturated rings. The van der Waals surface area contributed by atoms with E-state index in [0.29, 0.717) is 16.9 Å². The average Bonchev–Trinajstić information content (AvgIpc) is 2.82. The third kappa shape index (κ3) is 3.67. The Morgan fingerprint density at radius 2 is 1.85 bits per heavy atom. The number of halogens is 5. The monoisotopic (exact) mass is 428 g/mol. The number of aromatic nitrogens is 2. The molecule has 2 aromatic rings. The van der Waals surface area contributed by atoms with E-state index in [1.54, 1.807) is 0 Å². The van der Waals surface area contributed by atoms with Crippen molar-refractivity contribution in [2.24, 2.45) is 0 Å². The number of rotatable bonds is 3. The normalized spacial score (nSPS) is 14.3. The number of alkyl halides is 3. The van der Waals surface area contributed by atoms with Gasteiger partial charge in [-0.15, -0.1) is 0 Å². The first-order chi connectivity index (χ1) is 11.9. The summed E-state index contributed by atoms with van der Waals surface area (Å²) < 4.78 is 52.2. The molecule has 2 rings (SSSR count). The van der Waals surface area contributed by atoms with Crippen LogP contribution in [0.4, 0.5) is 19.0 Å². The lowest BCUT2D eigenvalue weighted by Gasteiger charge is -2.13. The van der Waals surface area contributed by atoms with Crippen molar-refractivity contribution in [2.45, 2.75) is 18.0 Å². The Morgan fingerprint density at radius 3 is 2.23 bits per heavy atom. The van der Waals surface area contributed by atoms with Gasteiger partial charge in [-0.1, -0.05) is 23.2 Å². The zero-order valence-corrected chi connectivity index (χ0v) is 16.0. The zero-order chi connectivity index (χ0) is 20.0. The molecular formula is C14H13Cl2F3N4O2S. The summed E-state index contributed by atoms with van der Waals surface area (Å²) in [5, 5.41) is 15.0. The Bertz CT molecular complexity index is 914. The van der Waals surface area contributed by atoms with Gasteiger partial charge in [-0.2, -0.15) is 18.3 Å². The van der Waals surface area contributed by atoms with Crippen LogP contribution in [0.3, 0.4) is 0 Å². The van der Waals surface area contributed by atoms with Crippen molar-refractivity contribution in [3.63, 3.8) is 0 Å². The Hall–Kier alpha value is -1.78. The summed E-state index contributed by atoms with van der Waals surface area (Å²) in [6.45, 7) is 1.44. The van der Waals surface area contributed by atoms with Crippen LogP contribution in [0, 0.1) is 5.21 Å². The number of hydrogen-bond donors (Lipinski definition) is 1. The van der Waals surface area contributed by atoms with Gasteiger partial charge in [0.1, 0.15) is 23.4 Å². The quantitative estimate of drug-likeness (QED) is 0.351. The highest BCUT2D eigenvalue weighted by Crippen LogP contribution is 2.39. The SMILES string of the molecule is C/C(c1nn(-c2c(Cl)cc(C(F)(F)F)cc2Cl)c(N)c1S(C)=O)=[N+](/C)[O-]. The molecule has 1 aromatic carbocycles. The lowest BCUT2D eigenvalue weighted by molar-refractivity contribution is -0.422. The molecule has 142 valence electrons. The van der Waals surface area contributed by atoms with Gasteiger partial charge in [-0.25, -0.2) is 9.42 Å². The number of hydroxylamine groups is 1. The molecule has 6 nitrogen and oxygen atoms in total. The third-order valence-electron chi connectivity index (χ3n) is 3.53. The van der Waals surface area contributed by atoms with E-state index in [0.717, 1.165) is 4.68 Å². The van der Waals surface area contributed by atoms with Gasteiger partial charge in [0, 0.05) is 13.2 Å². The zero-order valence-electron chi connectivity index (χ0n) is 13.7. The lowest BCUT2D eigenvalue weighted by atomic mass is 10.2. The molecule has 1 aromatic heterocycles. The van der Waals surface area contributed by atoms with Gasteiger partial charge in [0.05, 0.1) is 26.4 Å². The van der Waals surface area contributed by atoms with E-state index in [1.165, 1.54) is 20.2 Å². The predicted octanol–water partition coefficient (Wildman–Crippen LogP) is 3.47. The van der Waals surface area contributed by atoms with Gasteiger partial charge < -0.3 is 10.9 Å². The molecule has 1 atom stereocenters. The summed E-state index contributed by atoms with van der Waals surface area (Å²) in [5.41, 5.74) is 4.97. The minimum atomic E-state index is -4.64. The molecule has 0 saturated carbocycles. The summed E-state index contributed by atoms with van der Waals surface area (Å²) >= 11 is 11.9. The molecular weight excluding hydrogens is 416 g/mol. The van der Waals surface area contributed by atoms with Gasteiger partial charge in [0.25, 0.3) is 0 Å². The second-order valence-corrected chi connectivity index (χ2v) is 7.43. The molecule has 0 radical (unpaired) electrons. The van der Waals surface area contributed by atoms with Gasteiger partial charge in [0.15, 0.2) is 5.69 Å². The largest absolute Gasteiger partial charge is 0.624 e. The minimum Gasteiger partial charge on any atom is -0.624 e. The van der Waals surface area contributed by atoms with E-state index in [2.05, 4.69) is 5.10 Å². The van der Waals surface area contributed by atoms with E-state index in [4.69, 9.17) is 28.9 Å². The molecule has 2 N–H and O–H groups in total. The number of hydrogen-bond acceptors (Lipinski definition) is 4. The molecule has 0 aliphatic rings. The van der Waals surface area contributed by atoms with Crippen LogP contribution in [-0.4, -0.2) is 37.7 Å². The van der Waals surface area contributed by atoms with Crippen molar-refractivity contribution < 1.29 is 22.1 Å². The summed E-state index contributed by atoms with van der Waals surface area (Å²) in [4.78, 5) is 0.0530. The van der Waals surface area contributed by atoms with Gasteiger partial charge in [-0.3, -0.25) is 4.21 Å².